The summed E-state index contributed by atoms with van der Waals surface area (Å²) in [7, 11) is 0. The summed E-state index contributed by atoms with van der Waals surface area (Å²) in [6.45, 7) is 5.85. The van der Waals surface area contributed by atoms with Crippen LogP contribution in [0.4, 0.5) is 11.6 Å². The van der Waals surface area contributed by atoms with Gasteiger partial charge in [-0.15, -0.1) is 10.2 Å². The van der Waals surface area contributed by atoms with Gasteiger partial charge in [0.15, 0.2) is 23.1 Å². The number of ether oxygens (including phenoxy) is 2. The van der Waals surface area contributed by atoms with E-state index in [0.717, 1.165) is 37.8 Å². The summed E-state index contributed by atoms with van der Waals surface area (Å²) in [4.78, 5) is 19.5. The molecule has 0 saturated carbocycles. The lowest BCUT2D eigenvalue weighted by molar-refractivity contribution is 0.0736. The molecule has 0 unspecified atom stereocenters. The highest BCUT2D eigenvalue weighted by Gasteiger charge is 2.27. The van der Waals surface area contributed by atoms with E-state index < -0.39 is 0 Å². The van der Waals surface area contributed by atoms with Crippen molar-refractivity contribution in [2.45, 2.75) is 25.7 Å². The van der Waals surface area contributed by atoms with Crippen molar-refractivity contribution in [2.24, 2.45) is 0 Å². The Morgan fingerprint density at radius 1 is 0.742 bits per heavy atom. The average Bonchev–Trinajstić information content (AvgIpc) is 3.13. The summed E-state index contributed by atoms with van der Waals surface area (Å²) in [5.74, 6) is 3.05. The predicted octanol–water partition coefficient (Wildman–Crippen LogP) is 2.59. The van der Waals surface area contributed by atoms with Crippen LogP contribution in [0.1, 0.15) is 36.0 Å². The number of aromatic nitrogens is 2. The van der Waals surface area contributed by atoms with Crippen LogP contribution in [0.15, 0.2) is 30.3 Å². The second kappa shape index (κ2) is 8.99. The quantitative estimate of drug-likeness (QED) is 0.751. The number of para-hydroxylation sites is 1. The minimum atomic E-state index is -0.00963. The minimum absolute atomic E-state index is 0.00963. The molecule has 2 aromatic rings. The predicted molar refractivity (Wildman–Crippen MR) is 118 cm³/mol. The largest absolute Gasteiger partial charge is 0.486 e. The molecular formula is C23H29N5O3. The topological polar surface area (TPSA) is 71.0 Å². The van der Waals surface area contributed by atoms with Crippen LogP contribution in [0, 0.1) is 0 Å². The Hall–Kier alpha value is -3.03. The molecule has 1 aromatic heterocycles. The van der Waals surface area contributed by atoms with Gasteiger partial charge < -0.3 is 24.2 Å². The first-order valence-corrected chi connectivity index (χ1v) is 11.3. The fourth-order valence-electron chi connectivity index (χ4n) is 4.51. The summed E-state index contributed by atoms with van der Waals surface area (Å²) in [5.41, 5.74) is 0.576. The first-order valence-electron chi connectivity index (χ1n) is 11.3. The van der Waals surface area contributed by atoms with E-state index in [0.29, 0.717) is 43.4 Å². The third kappa shape index (κ3) is 4.24. The van der Waals surface area contributed by atoms with E-state index in [9.17, 15) is 4.79 Å². The summed E-state index contributed by atoms with van der Waals surface area (Å²) >= 11 is 0. The molecule has 3 aliphatic heterocycles. The second-order valence-corrected chi connectivity index (χ2v) is 8.26. The molecule has 1 aromatic carbocycles. The van der Waals surface area contributed by atoms with Gasteiger partial charge in [0.2, 0.25) is 0 Å². The van der Waals surface area contributed by atoms with Gasteiger partial charge in [0.1, 0.15) is 13.2 Å². The van der Waals surface area contributed by atoms with Gasteiger partial charge in [0.05, 0.1) is 5.56 Å². The first-order chi connectivity index (χ1) is 15.3. The molecule has 2 saturated heterocycles. The maximum absolute atomic E-state index is 13.1. The number of benzene rings is 1. The standard InChI is InChI=1S/C23H29N5O3/c29-23(18-6-5-7-19-22(18)31-17-16-30-19)28-14-12-27(13-15-28)21-9-8-20(24-25-21)26-10-3-1-2-4-11-26/h5-9H,1-4,10-17H2. The Bertz CT molecular complexity index is 904. The van der Waals surface area contributed by atoms with E-state index in [1.165, 1.54) is 25.7 Å². The van der Waals surface area contributed by atoms with Crippen molar-refractivity contribution < 1.29 is 14.3 Å². The van der Waals surface area contributed by atoms with Gasteiger partial charge in [-0.1, -0.05) is 18.9 Å². The molecule has 0 atom stereocenters. The van der Waals surface area contributed by atoms with Crippen LogP contribution in [0.5, 0.6) is 11.5 Å². The molecule has 5 rings (SSSR count). The Labute approximate surface area is 182 Å². The van der Waals surface area contributed by atoms with Gasteiger partial charge >= 0.3 is 0 Å². The summed E-state index contributed by atoms with van der Waals surface area (Å²) in [6, 6.07) is 9.65. The van der Waals surface area contributed by atoms with Crippen LogP contribution in [-0.4, -0.2) is 73.5 Å². The van der Waals surface area contributed by atoms with Crippen molar-refractivity contribution in [3.63, 3.8) is 0 Å². The number of hydrogen-bond donors (Lipinski definition) is 0. The van der Waals surface area contributed by atoms with Gasteiger partial charge in [0, 0.05) is 39.3 Å². The average molecular weight is 424 g/mol. The van der Waals surface area contributed by atoms with E-state index in [2.05, 4.69) is 32.1 Å². The Morgan fingerprint density at radius 3 is 2.06 bits per heavy atom. The zero-order valence-corrected chi connectivity index (χ0v) is 17.8. The highest BCUT2D eigenvalue weighted by Crippen LogP contribution is 2.34. The van der Waals surface area contributed by atoms with Gasteiger partial charge in [-0.3, -0.25) is 4.79 Å². The fourth-order valence-corrected chi connectivity index (χ4v) is 4.51. The lowest BCUT2D eigenvalue weighted by Gasteiger charge is -2.35. The molecule has 1 amide bonds. The van der Waals surface area contributed by atoms with Gasteiger partial charge in [-0.05, 0) is 37.1 Å². The molecule has 0 spiro atoms. The van der Waals surface area contributed by atoms with Crippen molar-refractivity contribution in [2.75, 3.05) is 62.3 Å². The summed E-state index contributed by atoms with van der Waals surface area (Å²) in [6.07, 6.45) is 5.05. The lowest BCUT2D eigenvalue weighted by atomic mass is 10.1. The van der Waals surface area contributed by atoms with E-state index in [-0.39, 0.29) is 5.91 Å². The molecule has 0 radical (unpaired) electrons. The first kappa shape index (κ1) is 19.9. The maximum Gasteiger partial charge on any atom is 0.257 e. The van der Waals surface area contributed by atoms with Crippen molar-refractivity contribution in [1.82, 2.24) is 15.1 Å². The third-order valence-corrected chi connectivity index (χ3v) is 6.25. The van der Waals surface area contributed by atoms with Crippen molar-refractivity contribution in [1.29, 1.82) is 0 Å². The van der Waals surface area contributed by atoms with Crippen LogP contribution in [-0.2, 0) is 0 Å². The van der Waals surface area contributed by atoms with E-state index in [1.54, 1.807) is 0 Å². The van der Waals surface area contributed by atoms with Crippen LogP contribution in [0.25, 0.3) is 0 Å². The Balaban J connectivity index is 1.21. The number of amides is 1. The fraction of sp³-hybridized carbons (Fsp3) is 0.522. The number of anilines is 2. The van der Waals surface area contributed by atoms with Crippen molar-refractivity contribution in [3.05, 3.63) is 35.9 Å². The molecule has 4 heterocycles. The van der Waals surface area contributed by atoms with E-state index in [4.69, 9.17) is 9.47 Å². The highest BCUT2D eigenvalue weighted by atomic mass is 16.6. The smallest absolute Gasteiger partial charge is 0.257 e. The van der Waals surface area contributed by atoms with Crippen molar-refractivity contribution >= 4 is 17.5 Å². The summed E-state index contributed by atoms with van der Waals surface area (Å²) in [5, 5.41) is 8.98. The molecule has 0 N–H and O–H groups in total. The number of carbonyl (C=O) groups excluding carboxylic acids is 1. The van der Waals surface area contributed by atoms with E-state index in [1.807, 2.05) is 23.1 Å². The Morgan fingerprint density at radius 2 is 1.39 bits per heavy atom. The molecule has 8 heteroatoms. The van der Waals surface area contributed by atoms with Crippen LogP contribution >= 0.6 is 0 Å². The third-order valence-electron chi connectivity index (χ3n) is 6.25. The molecule has 0 bridgehead atoms. The number of hydrogen-bond acceptors (Lipinski definition) is 7. The molecule has 3 aliphatic rings. The van der Waals surface area contributed by atoms with Gasteiger partial charge in [0.25, 0.3) is 5.91 Å². The molecule has 31 heavy (non-hydrogen) atoms. The normalized spacial score (nSPS) is 19.2. The van der Waals surface area contributed by atoms with Gasteiger partial charge in [-0.25, -0.2) is 0 Å². The number of fused-ring (bicyclic) bond motifs is 1. The zero-order valence-electron chi connectivity index (χ0n) is 17.8. The number of nitrogens with zero attached hydrogens (tertiary/aromatic N) is 5. The molecule has 0 aliphatic carbocycles. The Kier molecular flexibility index (Phi) is 5.78. The van der Waals surface area contributed by atoms with Crippen LogP contribution < -0.4 is 19.3 Å². The number of carbonyl (C=O) groups is 1. The second-order valence-electron chi connectivity index (χ2n) is 8.26. The lowest BCUT2D eigenvalue weighted by Crippen LogP contribution is -2.49. The molecule has 8 nitrogen and oxygen atoms in total. The zero-order chi connectivity index (χ0) is 21.0. The molecular weight excluding hydrogens is 394 g/mol. The van der Waals surface area contributed by atoms with Crippen LogP contribution in [0.3, 0.4) is 0 Å². The maximum atomic E-state index is 13.1. The number of rotatable bonds is 3. The van der Waals surface area contributed by atoms with Crippen molar-refractivity contribution in [3.8, 4) is 11.5 Å². The number of piperazine rings is 1. The van der Waals surface area contributed by atoms with E-state index >= 15 is 0 Å². The summed E-state index contributed by atoms with van der Waals surface area (Å²) < 4.78 is 11.3. The monoisotopic (exact) mass is 423 g/mol. The highest BCUT2D eigenvalue weighted by molar-refractivity contribution is 5.98. The minimum Gasteiger partial charge on any atom is -0.486 e. The van der Waals surface area contributed by atoms with Gasteiger partial charge in [-0.2, -0.15) is 0 Å². The van der Waals surface area contributed by atoms with Crippen LogP contribution in [0.2, 0.25) is 0 Å². The SMILES string of the molecule is O=C(c1cccc2c1OCCO2)N1CCN(c2ccc(N3CCCCCC3)nn2)CC1. The molecule has 2 fully saturated rings. The molecule has 164 valence electrons.